The average molecular weight is 267 g/mol. The molecule has 0 spiro atoms. The lowest BCUT2D eigenvalue weighted by Crippen LogP contribution is -2.25. The number of likely N-dealkylation sites (N-methyl/N-ethyl adjacent to an activating group) is 1. The minimum atomic E-state index is 0.298. The van der Waals surface area contributed by atoms with Crippen LogP contribution in [-0.4, -0.2) is 24.3 Å². The number of hydrogen-bond donors (Lipinski definition) is 0. The van der Waals surface area contributed by atoms with E-state index in [0.29, 0.717) is 18.7 Å². The van der Waals surface area contributed by atoms with Crippen LogP contribution in [0.4, 0.5) is 0 Å². The van der Waals surface area contributed by atoms with Crippen LogP contribution in [0.1, 0.15) is 17.5 Å². The van der Waals surface area contributed by atoms with Crippen molar-refractivity contribution in [2.45, 2.75) is 19.4 Å². The smallest absolute Gasteiger partial charge is 0.147 e. The van der Waals surface area contributed by atoms with E-state index >= 15 is 0 Å². The summed E-state index contributed by atoms with van der Waals surface area (Å²) < 4.78 is 0. The molecule has 0 aliphatic carbocycles. The molecule has 104 valence electrons. The number of ketones is 1. The van der Waals surface area contributed by atoms with Gasteiger partial charge >= 0.3 is 0 Å². The lowest BCUT2D eigenvalue weighted by Gasteiger charge is -2.15. The summed E-state index contributed by atoms with van der Waals surface area (Å²) in [5, 5.41) is 0. The molecule has 2 aromatic carbocycles. The Morgan fingerprint density at radius 3 is 2.05 bits per heavy atom. The van der Waals surface area contributed by atoms with Gasteiger partial charge in [-0.05, 0) is 24.6 Å². The van der Waals surface area contributed by atoms with Crippen molar-refractivity contribution in [3.63, 3.8) is 0 Å². The van der Waals surface area contributed by atoms with Gasteiger partial charge in [0.2, 0.25) is 0 Å². The molecule has 2 rings (SSSR count). The maximum atomic E-state index is 12.0. The number of nitrogens with zero attached hydrogens (tertiary/aromatic N) is 1. The number of rotatable bonds is 7. The summed E-state index contributed by atoms with van der Waals surface area (Å²) in [6.45, 7) is 1.33. The Labute approximate surface area is 121 Å². The highest BCUT2D eigenvalue weighted by Crippen LogP contribution is 2.05. The van der Waals surface area contributed by atoms with Gasteiger partial charge in [0, 0.05) is 13.0 Å². The van der Waals surface area contributed by atoms with Gasteiger partial charge < -0.3 is 0 Å². The molecule has 0 atom stereocenters. The summed E-state index contributed by atoms with van der Waals surface area (Å²) in [7, 11) is 1.99. The highest BCUT2D eigenvalue weighted by molar-refractivity contribution is 5.80. The van der Waals surface area contributed by atoms with Crippen molar-refractivity contribution in [2.75, 3.05) is 13.6 Å². The SMILES string of the molecule is CN(CC(=O)CCc1ccccc1)Cc1ccccc1. The Bertz CT molecular complexity index is 522. The number of hydrogen-bond acceptors (Lipinski definition) is 2. The zero-order valence-electron chi connectivity index (χ0n) is 12.0. The lowest BCUT2D eigenvalue weighted by atomic mass is 10.1. The van der Waals surface area contributed by atoms with Crippen molar-refractivity contribution in [3.8, 4) is 0 Å². The molecule has 0 saturated carbocycles. The van der Waals surface area contributed by atoms with Crippen LogP contribution in [0.2, 0.25) is 0 Å². The minimum absolute atomic E-state index is 0.298. The molecule has 2 nitrogen and oxygen atoms in total. The normalized spacial score (nSPS) is 10.7. The molecule has 0 saturated heterocycles. The molecule has 0 radical (unpaired) electrons. The van der Waals surface area contributed by atoms with Gasteiger partial charge in [0.05, 0.1) is 6.54 Å². The third-order valence-corrected chi connectivity index (χ3v) is 3.28. The maximum Gasteiger partial charge on any atom is 0.147 e. The fourth-order valence-electron chi connectivity index (χ4n) is 2.26. The van der Waals surface area contributed by atoms with E-state index in [1.165, 1.54) is 11.1 Å². The molecule has 0 bridgehead atoms. The summed E-state index contributed by atoms with van der Waals surface area (Å²) in [4.78, 5) is 14.0. The monoisotopic (exact) mass is 267 g/mol. The van der Waals surface area contributed by atoms with Crippen molar-refractivity contribution in [3.05, 3.63) is 71.8 Å². The van der Waals surface area contributed by atoms with E-state index in [4.69, 9.17) is 0 Å². The molecular weight excluding hydrogens is 246 g/mol. The second kappa shape index (κ2) is 7.61. The minimum Gasteiger partial charge on any atom is -0.298 e. The fraction of sp³-hybridized carbons (Fsp3) is 0.278. The third-order valence-electron chi connectivity index (χ3n) is 3.28. The average Bonchev–Trinajstić information content (AvgIpc) is 2.47. The Morgan fingerprint density at radius 2 is 1.45 bits per heavy atom. The highest BCUT2D eigenvalue weighted by atomic mass is 16.1. The Kier molecular flexibility index (Phi) is 5.51. The van der Waals surface area contributed by atoms with Gasteiger partial charge in [-0.15, -0.1) is 0 Å². The first-order valence-electron chi connectivity index (χ1n) is 7.02. The van der Waals surface area contributed by atoms with Crippen LogP contribution in [-0.2, 0) is 17.8 Å². The molecule has 0 unspecified atom stereocenters. The van der Waals surface area contributed by atoms with Gasteiger partial charge in [0.25, 0.3) is 0 Å². The molecule has 20 heavy (non-hydrogen) atoms. The quantitative estimate of drug-likeness (QED) is 0.767. The number of carbonyl (C=O) groups is 1. The zero-order chi connectivity index (χ0) is 14.2. The summed E-state index contributed by atoms with van der Waals surface area (Å²) >= 11 is 0. The van der Waals surface area contributed by atoms with Crippen molar-refractivity contribution in [2.24, 2.45) is 0 Å². The molecule has 0 amide bonds. The second-order valence-corrected chi connectivity index (χ2v) is 5.18. The molecule has 0 aromatic heterocycles. The van der Waals surface area contributed by atoms with Crippen LogP contribution in [0.3, 0.4) is 0 Å². The van der Waals surface area contributed by atoms with Crippen LogP contribution in [0.5, 0.6) is 0 Å². The van der Waals surface area contributed by atoms with Crippen LogP contribution < -0.4 is 0 Å². The molecule has 2 aromatic rings. The van der Waals surface area contributed by atoms with E-state index in [9.17, 15) is 4.79 Å². The van der Waals surface area contributed by atoms with E-state index in [-0.39, 0.29) is 0 Å². The van der Waals surface area contributed by atoms with E-state index in [0.717, 1.165) is 13.0 Å². The first kappa shape index (κ1) is 14.5. The van der Waals surface area contributed by atoms with E-state index in [1.807, 2.05) is 43.4 Å². The molecule has 0 heterocycles. The number of benzene rings is 2. The van der Waals surface area contributed by atoms with Gasteiger partial charge in [-0.25, -0.2) is 0 Å². The largest absolute Gasteiger partial charge is 0.298 e. The van der Waals surface area contributed by atoms with Gasteiger partial charge in [-0.3, -0.25) is 9.69 Å². The summed E-state index contributed by atoms with van der Waals surface area (Å²) in [5.41, 5.74) is 2.47. The lowest BCUT2D eigenvalue weighted by molar-refractivity contribution is -0.120. The summed E-state index contributed by atoms with van der Waals surface area (Å²) in [6, 6.07) is 20.4. The highest BCUT2D eigenvalue weighted by Gasteiger charge is 2.07. The maximum absolute atomic E-state index is 12.0. The van der Waals surface area contributed by atoms with Crippen LogP contribution in [0, 0.1) is 0 Å². The Morgan fingerprint density at radius 1 is 0.900 bits per heavy atom. The van der Waals surface area contributed by atoms with E-state index < -0.39 is 0 Å². The van der Waals surface area contributed by atoms with Gasteiger partial charge in [0.1, 0.15) is 5.78 Å². The third kappa shape index (κ3) is 4.98. The van der Waals surface area contributed by atoms with Crippen molar-refractivity contribution >= 4 is 5.78 Å². The topological polar surface area (TPSA) is 20.3 Å². The molecule has 0 N–H and O–H groups in total. The van der Waals surface area contributed by atoms with E-state index in [1.54, 1.807) is 0 Å². The van der Waals surface area contributed by atoms with Crippen LogP contribution in [0.25, 0.3) is 0 Å². The first-order valence-corrected chi connectivity index (χ1v) is 7.02. The summed E-state index contributed by atoms with van der Waals surface area (Å²) in [5.74, 6) is 0.298. The molecule has 2 heteroatoms. The van der Waals surface area contributed by atoms with Gasteiger partial charge in [-0.1, -0.05) is 60.7 Å². The van der Waals surface area contributed by atoms with Crippen LogP contribution >= 0.6 is 0 Å². The number of carbonyl (C=O) groups excluding carboxylic acids is 1. The van der Waals surface area contributed by atoms with Crippen LogP contribution in [0.15, 0.2) is 60.7 Å². The Balaban J connectivity index is 1.74. The molecular formula is C18H21NO. The van der Waals surface area contributed by atoms with E-state index in [2.05, 4.69) is 29.2 Å². The fourth-order valence-corrected chi connectivity index (χ4v) is 2.26. The molecule has 0 aliphatic heterocycles. The standard InChI is InChI=1S/C18H21NO/c1-19(14-17-10-6-3-7-11-17)15-18(20)13-12-16-8-4-2-5-9-16/h2-11H,12-15H2,1H3. The summed E-state index contributed by atoms with van der Waals surface area (Å²) in [6.07, 6.45) is 1.45. The van der Waals surface area contributed by atoms with Crippen molar-refractivity contribution in [1.29, 1.82) is 0 Å². The zero-order valence-corrected chi connectivity index (χ0v) is 12.0. The Hall–Kier alpha value is -1.93. The van der Waals surface area contributed by atoms with Gasteiger partial charge in [-0.2, -0.15) is 0 Å². The first-order chi connectivity index (χ1) is 9.74. The number of aryl methyl sites for hydroxylation is 1. The molecule has 0 aliphatic rings. The van der Waals surface area contributed by atoms with Crippen molar-refractivity contribution in [1.82, 2.24) is 4.90 Å². The van der Waals surface area contributed by atoms with Gasteiger partial charge in [0.15, 0.2) is 0 Å². The molecule has 0 fully saturated rings. The predicted octanol–water partition coefficient (Wildman–Crippen LogP) is 3.32. The van der Waals surface area contributed by atoms with Crippen molar-refractivity contribution < 1.29 is 4.79 Å². The predicted molar refractivity (Wildman–Crippen MR) is 82.5 cm³/mol. The number of Topliss-reactive ketones (excluding diaryl/α,β-unsaturated/α-hetero) is 1. The second-order valence-electron chi connectivity index (χ2n) is 5.18.